The number of alkyl halides is 2. The van der Waals surface area contributed by atoms with Crippen LogP contribution in [-0.2, 0) is 22.6 Å². The van der Waals surface area contributed by atoms with Crippen molar-refractivity contribution < 1.29 is 32.8 Å². The number of aromatic nitrogens is 1. The molecule has 0 saturated carbocycles. The molecule has 4 rings (SSSR count). The highest BCUT2D eigenvalue weighted by molar-refractivity contribution is 5.97. The summed E-state index contributed by atoms with van der Waals surface area (Å²) in [6.45, 7) is 4.06. The van der Waals surface area contributed by atoms with Gasteiger partial charge in [0, 0.05) is 13.0 Å². The Morgan fingerprint density at radius 1 is 1.10 bits per heavy atom. The minimum Gasteiger partial charge on any atom is -0.381 e. The number of aliphatic hydroxyl groups is 1. The first-order valence-electron chi connectivity index (χ1n) is 12.9. The summed E-state index contributed by atoms with van der Waals surface area (Å²) in [7, 11) is 0. The van der Waals surface area contributed by atoms with Crippen molar-refractivity contribution in [1.82, 2.24) is 20.7 Å². The van der Waals surface area contributed by atoms with Gasteiger partial charge in [-0.15, -0.1) is 0 Å². The molecule has 0 bridgehead atoms. The molecule has 2 heterocycles. The minimum atomic E-state index is -3.32. The molecule has 1 saturated heterocycles. The number of hydrogen-bond donors (Lipinski definition) is 3. The fourth-order valence-electron chi connectivity index (χ4n) is 4.89. The van der Waals surface area contributed by atoms with Gasteiger partial charge >= 0.3 is 0 Å². The molecule has 0 radical (unpaired) electrons. The first-order chi connectivity index (χ1) is 19.0. The molecule has 3 N–H and O–H groups in total. The number of likely N-dealkylation sites (tertiary alicyclic amines) is 1. The maximum absolute atomic E-state index is 14.5. The lowest BCUT2D eigenvalue weighted by Crippen LogP contribution is -2.56. The Labute approximate surface area is 237 Å². The number of nitrogens with one attached hydrogen (secondary N) is 2. The maximum atomic E-state index is 14.5. The van der Waals surface area contributed by atoms with Crippen molar-refractivity contribution >= 4 is 17.7 Å². The van der Waals surface area contributed by atoms with Gasteiger partial charge < -0.3 is 25.2 Å². The van der Waals surface area contributed by atoms with Gasteiger partial charge in [0.25, 0.3) is 17.7 Å². The number of carbonyl (C=O) groups is 3. The van der Waals surface area contributed by atoms with Gasteiger partial charge in [0.2, 0.25) is 5.91 Å². The van der Waals surface area contributed by atoms with E-state index in [-0.39, 0.29) is 31.7 Å². The SMILES string of the molecule is C.Cc1ccccc1CNC(=O)[C@@H]1CC(F)(F)CN1C(=O)[C@@H](O)[C@H](Cc1ccccc1)NC(=O)c1c(C)noc1C. The highest BCUT2D eigenvalue weighted by Gasteiger charge is 2.51. The topological polar surface area (TPSA) is 125 Å². The molecule has 3 amide bonds. The van der Waals surface area contributed by atoms with Crippen molar-refractivity contribution in [2.24, 2.45) is 0 Å². The lowest BCUT2D eigenvalue weighted by Gasteiger charge is -2.30. The third-order valence-corrected chi connectivity index (χ3v) is 7.08. The van der Waals surface area contributed by atoms with E-state index < -0.39 is 54.8 Å². The van der Waals surface area contributed by atoms with E-state index in [9.17, 15) is 28.3 Å². The largest absolute Gasteiger partial charge is 0.381 e. The molecule has 9 nitrogen and oxygen atoms in total. The van der Waals surface area contributed by atoms with Gasteiger partial charge in [-0.1, -0.05) is 67.2 Å². The van der Waals surface area contributed by atoms with Crippen LogP contribution in [0, 0.1) is 20.8 Å². The summed E-state index contributed by atoms with van der Waals surface area (Å²) in [4.78, 5) is 40.3. The second kappa shape index (κ2) is 13.0. The Morgan fingerprint density at radius 2 is 1.76 bits per heavy atom. The molecular formula is C30H36F2N4O5. The zero-order valence-electron chi connectivity index (χ0n) is 22.5. The van der Waals surface area contributed by atoms with Crippen molar-refractivity contribution in [2.45, 2.75) is 71.7 Å². The molecule has 0 aliphatic carbocycles. The summed E-state index contributed by atoms with van der Waals surface area (Å²) in [5, 5.41) is 20.2. The number of aryl methyl sites for hydroxylation is 3. The van der Waals surface area contributed by atoms with E-state index in [1.54, 1.807) is 56.3 Å². The molecule has 0 spiro atoms. The van der Waals surface area contributed by atoms with E-state index in [0.29, 0.717) is 16.2 Å². The second-order valence-corrected chi connectivity index (χ2v) is 10.1. The third-order valence-electron chi connectivity index (χ3n) is 7.08. The third kappa shape index (κ3) is 7.35. The fraction of sp³-hybridized carbons (Fsp3) is 0.400. The number of amides is 3. The van der Waals surface area contributed by atoms with Crippen molar-refractivity contribution in [3.63, 3.8) is 0 Å². The summed E-state index contributed by atoms with van der Waals surface area (Å²) in [6.07, 6.45) is -2.76. The molecule has 2 aromatic carbocycles. The number of aliphatic hydroxyl groups excluding tert-OH is 1. The molecule has 3 aromatic rings. The second-order valence-electron chi connectivity index (χ2n) is 10.1. The van der Waals surface area contributed by atoms with Crippen LogP contribution in [0.3, 0.4) is 0 Å². The van der Waals surface area contributed by atoms with Crippen LogP contribution in [0.15, 0.2) is 59.1 Å². The lowest BCUT2D eigenvalue weighted by molar-refractivity contribution is -0.147. The maximum Gasteiger partial charge on any atom is 0.267 e. The quantitative estimate of drug-likeness (QED) is 0.362. The number of halogens is 2. The summed E-state index contributed by atoms with van der Waals surface area (Å²) in [5.41, 5.74) is 2.89. The normalized spacial score (nSPS) is 17.3. The first-order valence-corrected chi connectivity index (χ1v) is 12.9. The zero-order chi connectivity index (χ0) is 29.0. The van der Waals surface area contributed by atoms with Crippen LogP contribution in [-0.4, -0.2) is 63.5 Å². The van der Waals surface area contributed by atoms with Gasteiger partial charge in [-0.05, 0) is 43.9 Å². The molecule has 1 aliphatic rings. The lowest BCUT2D eigenvalue weighted by atomic mass is 9.99. The Morgan fingerprint density at radius 3 is 2.39 bits per heavy atom. The monoisotopic (exact) mass is 570 g/mol. The smallest absolute Gasteiger partial charge is 0.267 e. The van der Waals surface area contributed by atoms with E-state index in [0.717, 1.165) is 11.1 Å². The van der Waals surface area contributed by atoms with Gasteiger partial charge in [0.05, 0.1) is 18.3 Å². The molecule has 0 unspecified atom stereocenters. The molecule has 41 heavy (non-hydrogen) atoms. The highest BCUT2D eigenvalue weighted by atomic mass is 19.3. The van der Waals surface area contributed by atoms with Gasteiger partial charge in [0.1, 0.15) is 17.4 Å². The predicted molar refractivity (Wildman–Crippen MR) is 148 cm³/mol. The zero-order valence-corrected chi connectivity index (χ0v) is 22.5. The molecule has 220 valence electrons. The number of rotatable bonds is 9. The Balaban J connectivity index is 0.00000462. The van der Waals surface area contributed by atoms with Crippen LogP contribution in [0.25, 0.3) is 0 Å². The standard InChI is InChI=1S/C29H32F2N4O5.CH4/c1-17-9-7-8-12-21(17)15-32-26(37)23-14-29(30,31)16-35(23)28(39)25(36)22(13-20-10-5-4-6-11-20)33-27(38)24-18(2)34-40-19(24)3;/h4-12,22-23,25,36H,13-16H2,1-3H3,(H,32,37)(H,33,38);1H4/t22-,23-,25-;/m0./s1. The molecular weight excluding hydrogens is 534 g/mol. The van der Waals surface area contributed by atoms with Crippen LogP contribution in [0.1, 0.15) is 52.3 Å². The van der Waals surface area contributed by atoms with Gasteiger partial charge in [-0.2, -0.15) is 0 Å². The average Bonchev–Trinajstić information content (AvgIpc) is 3.44. The van der Waals surface area contributed by atoms with Crippen molar-refractivity contribution in [3.8, 4) is 0 Å². The van der Waals surface area contributed by atoms with E-state index in [2.05, 4.69) is 15.8 Å². The average molecular weight is 571 g/mol. The summed E-state index contributed by atoms with van der Waals surface area (Å²) < 4.78 is 34.1. The van der Waals surface area contributed by atoms with Crippen LogP contribution in [0.5, 0.6) is 0 Å². The van der Waals surface area contributed by atoms with E-state index >= 15 is 0 Å². The van der Waals surface area contributed by atoms with E-state index in [1.165, 1.54) is 0 Å². The van der Waals surface area contributed by atoms with Crippen LogP contribution < -0.4 is 10.6 Å². The van der Waals surface area contributed by atoms with Gasteiger partial charge in [-0.25, -0.2) is 8.78 Å². The van der Waals surface area contributed by atoms with E-state index in [4.69, 9.17) is 4.52 Å². The fourth-order valence-corrected chi connectivity index (χ4v) is 4.89. The van der Waals surface area contributed by atoms with Gasteiger partial charge in [-0.3, -0.25) is 14.4 Å². The van der Waals surface area contributed by atoms with Crippen LogP contribution in [0.4, 0.5) is 8.78 Å². The number of benzene rings is 2. The Bertz CT molecular complexity index is 1360. The van der Waals surface area contributed by atoms with E-state index in [1.807, 2.05) is 19.1 Å². The number of carbonyl (C=O) groups excluding carboxylic acids is 3. The van der Waals surface area contributed by atoms with Gasteiger partial charge in [0.15, 0.2) is 6.10 Å². The van der Waals surface area contributed by atoms with Crippen LogP contribution >= 0.6 is 0 Å². The molecule has 11 heteroatoms. The van der Waals surface area contributed by atoms with Crippen molar-refractivity contribution in [3.05, 3.63) is 88.3 Å². The Hall–Kier alpha value is -4.12. The van der Waals surface area contributed by atoms with Crippen molar-refractivity contribution in [2.75, 3.05) is 6.54 Å². The first kappa shape index (κ1) is 31.4. The molecule has 1 aliphatic heterocycles. The summed E-state index contributed by atoms with van der Waals surface area (Å²) in [5.74, 6) is -5.54. The highest BCUT2D eigenvalue weighted by Crippen LogP contribution is 2.33. The number of hydrogen-bond acceptors (Lipinski definition) is 6. The van der Waals surface area contributed by atoms with Crippen molar-refractivity contribution in [1.29, 1.82) is 0 Å². The summed E-state index contributed by atoms with van der Waals surface area (Å²) in [6, 6.07) is 13.4. The molecule has 1 aromatic heterocycles. The molecule has 1 fully saturated rings. The van der Waals surface area contributed by atoms with Crippen LogP contribution in [0.2, 0.25) is 0 Å². The predicted octanol–water partition coefficient (Wildman–Crippen LogP) is 3.49. The molecule has 3 atom stereocenters. The number of nitrogens with zero attached hydrogens (tertiary/aromatic N) is 2. The summed E-state index contributed by atoms with van der Waals surface area (Å²) >= 11 is 0. The minimum absolute atomic E-state index is 0. The Kier molecular flexibility index (Phi) is 9.98.